The molecule has 0 amide bonds. The molecule has 1 heterocycles. The van der Waals surface area contributed by atoms with Gasteiger partial charge in [-0.05, 0) is 29.3 Å². The molecule has 0 saturated carbocycles. The first kappa shape index (κ1) is 13.9. The zero-order chi connectivity index (χ0) is 14.5. The zero-order valence-corrected chi connectivity index (χ0v) is 12.1. The molecule has 0 aliphatic carbocycles. The van der Waals surface area contributed by atoms with Crippen molar-refractivity contribution in [1.82, 2.24) is 0 Å². The highest BCUT2D eigenvalue weighted by Crippen LogP contribution is 2.32. The standard InChI is InChI=1S/C16H13N3S/c1-19(2)16-8-7-15(20-16)14-5-3-12(4-6-14)9-13(10-17)11-18/h3-9H,1-2H3. The number of benzene rings is 1. The lowest BCUT2D eigenvalue weighted by atomic mass is 10.1. The van der Waals surface area contributed by atoms with Crippen molar-refractivity contribution < 1.29 is 0 Å². The molecule has 0 unspecified atom stereocenters. The molecule has 0 atom stereocenters. The van der Waals surface area contributed by atoms with E-state index < -0.39 is 0 Å². The Morgan fingerprint density at radius 1 is 1.05 bits per heavy atom. The molecule has 1 aromatic heterocycles. The summed E-state index contributed by atoms with van der Waals surface area (Å²) >= 11 is 1.73. The first-order chi connectivity index (χ1) is 9.63. The monoisotopic (exact) mass is 279 g/mol. The van der Waals surface area contributed by atoms with E-state index in [1.54, 1.807) is 17.4 Å². The molecule has 0 spiro atoms. The average molecular weight is 279 g/mol. The molecule has 0 bridgehead atoms. The maximum Gasteiger partial charge on any atom is 0.130 e. The van der Waals surface area contributed by atoms with Crippen LogP contribution >= 0.6 is 11.3 Å². The molecule has 98 valence electrons. The van der Waals surface area contributed by atoms with Crippen LogP contribution in [0.2, 0.25) is 0 Å². The number of hydrogen-bond acceptors (Lipinski definition) is 4. The first-order valence-electron chi connectivity index (χ1n) is 6.03. The fourth-order valence-electron chi connectivity index (χ4n) is 1.72. The van der Waals surface area contributed by atoms with Gasteiger partial charge in [0.25, 0.3) is 0 Å². The highest BCUT2D eigenvalue weighted by atomic mass is 32.1. The summed E-state index contributed by atoms with van der Waals surface area (Å²) in [6.07, 6.45) is 1.59. The van der Waals surface area contributed by atoms with Crippen molar-refractivity contribution in [3.63, 3.8) is 0 Å². The van der Waals surface area contributed by atoms with E-state index in [0.717, 1.165) is 11.1 Å². The molecule has 0 aliphatic heterocycles. The lowest BCUT2D eigenvalue weighted by Gasteiger charge is -2.07. The van der Waals surface area contributed by atoms with Gasteiger partial charge in [0.15, 0.2) is 0 Å². The van der Waals surface area contributed by atoms with Crippen LogP contribution in [0.15, 0.2) is 42.0 Å². The summed E-state index contributed by atoms with van der Waals surface area (Å²) in [5.41, 5.74) is 2.11. The molecule has 0 saturated heterocycles. The van der Waals surface area contributed by atoms with Gasteiger partial charge in [-0.1, -0.05) is 24.3 Å². The molecule has 0 fully saturated rings. The summed E-state index contributed by atoms with van der Waals surface area (Å²) in [7, 11) is 4.05. The van der Waals surface area contributed by atoms with E-state index in [0.29, 0.717) is 0 Å². The topological polar surface area (TPSA) is 50.8 Å². The minimum absolute atomic E-state index is 0.115. The number of allylic oxidation sites excluding steroid dienone is 1. The number of nitrogens with zero attached hydrogens (tertiary/aromatic N) is 3. The first-order valence-corrected chi connectivity index (χ1v) is 6.85. The molecular formula is C16H13N3S. The summed E-state index contributed by atoms with van der Waals surface area (Å²) in [6.45, 7) is 0. The van der Waals surface area contributed by atoms with E-state index in [1.165, 1.54) is 9.88 Å². The molecule has 0 N–H and O–H groups in total. The van der Waals surface area contributed by atoms with E-state index in [9.17, 15) is 0 Å². The number of hydrogen-bond donors (Lipinski definition) is 0. The van der Waals surface area contributed by atoms with E-state index in [1.807, 2.05) is 50.5 Å². The van der Waals surface area contributed by atoms with Gasteiger partial charge >= 0.3 is 0 Å². The molecule has 3 nitrogen and oxygen atoms in total. The van der Waals surface area contributed by atoms with E-state index in [-0.39, 0.29) is 5.57 Å². The highest BCUT2D eigenvalue weighted by molar-refractivity contribution is 7.19. The smallest absolute Gasteiger partial charge is 0.130 e. The summed E-state index contributed by atoms with van der Waals surface area (Å²) in [6, 6.07) is 15.7. The molecule has 1 aromatic carbocycles. The predicted molar refractivity (Wildman–Crippen MR) is 83.3 cm³/mol. The molecule has 0 aliphatic rings. The van der Waals surface area contributed by atoms with Gasteiger partial charge in [-0.15, -0.1) is 11.3 Å². The summed E-state index contributed by atoms with van der Waals surface area (Å²) in [4.78, 5) is 3.28. The van der Waals surface area contributed by atoms with Crippen molar-refractivity contribution in [3.05, 3.63) is 47.5 Å². The fourth-order valence-corrected chi connectivity index (χ4v) is 2.66. The van der Waals surface area contributed by atoms with Crippen LogP contribution < -0.4 is 4.90 Å². The highest BCUT2D eigenvalue weighted by Gasteiger charge is 2.04. The normalized spacial score (nSPS) is 9.40. The zero-order valence-electron chi connectivity index (χ0n) is 11.3. The van der Waals surface area contributed by atoms with Gasteiger partial charge in [0.1, 0.15) is 17.7 Å². The number of anilines is 1. The van der Waals surface area contributed by atoms with Crippen molar-refractivity contribution in [3.8, 4) is 22.6 Å². The Hall–Kier alpha value is -2.56. The van der Waals surface area contributed by atoms with Crippen LogP contribution in [-0.4, -0.2) is 14.1 Å². The van der Waals surface area contributed by atoms with Crippen LogP contribution in [-0.2, 0) is 0 Å². The second-order valence-electron chi connectivity index (χ2n) is 4.44. The summed E-state index contributed by atoms with van der Waals surface area (Å²) < 4.78 is 0. The van der Waals surface area contributed by atoms with E-state index >= 15 is 0 Å². The second-order valence-corrected chi connectivity index (χ2v) is 5.50. The van der Waals surface area contributed by atoms with Gasteiger partial charge in [-0.2, -0.15) is 10.5 Å². The van der Waals surface area contributed by atoms with Gasteiger partial charge in [0.05, 0.1) is 5.00 Å². The Balaban J connectivity index is 2.26. The van der Waals surface area contributed by atoms with E-state index in [4.69, 9.17) is 10.5 Å². The molecule has 2 aromatic rings. The second kappa shape index (κ2) is 6.06. The predicted octanol–water partition coefficient (Wildman–Crippen LogP) is 3.91. The minimum Gasteiger partial charge on any atom is -0.370 e. The van der Waals surface area contributed by atoms with E-state index in [2.05, 4.69) is 17.0 Å². The Morgan fingerprint density at radius 2 is 1.70 bits per heavy atom. The summed E-state index contributed by atoms with van der Waals surface area (Å²) in [5.74, 6) is 0. The Kier molecular flexibility index (Phi) is 4.20. The van der Waals surface area contributed by atoms with Gasteiger partial charge in [0.2, 0.25) is 0 Å². The minimum atomic E-state index is 0.115. The number of thiophene rings is 1. The van der Waals surface area contributed by atoms with Crippen LogP contribution in [0, 0.1) is 22.7 Å². The van der Waals surface area contributed by atoms with Crippen molar-refractivity contribution >= 4 is 22.4 Å². The third-order valence-electron chi connectivity index (χ3n) is 2.78. The van der Waals surface area contributed by atoms with Crippen LogP contribution in [0.1, 0.15) is 5.56 Å². The van der Waals surface area contributed by atoms with Gasteiger partial charge in [-0.3, -0.25) is 0 Å². The van der Waals surface area contributed by atoms with Crippen LogP contribution in [0.25, 0.3) is 16.5 Å². The molecular weight excluding hydrogens is 266 g/mol. The van der Waals surface area contributed by atoms with Crippen molar-refractivity contribution in [1.29, 1.82) is 10.5 Å². The lowest BCUT2D eigenvalue weighted by Crippen LogP contribution is -2.05. The van der Waals surface area contributed by atoms with Gasteiger partial charge in [-0.25, -0.2) is 0 Å². The van der Waals surface area contributed by atoms with Gasteiger partial charge < -0.3 is 4.90 Å². The number of rotatable bonds is 3. The Morgan fingerprint density at radius 3 is 2.20 bits per heavy atom. The SMILES string of the molecule is CN(C)c1ccc(-c2ccc(C=C(C#N)C#N)cc2)s1. The van der Waals surface area contributed by atoms with Crippen molar-refractivity contribution in [2.24, 2.45) is 0 Å². The quantitative estimate of drug-likeness (QED) is 0.800. The molecule has 20 heavy (non-hydrogen) atoms. The summed E-state index contributed by atoms with van der Waals surface area (Å²) in [5, 5.41) is 18.7. The van der Waals surface area contributed by atoms with Crippen molar-refractivity contribution in [2.45, 2.75) is 0 Å². The van der Waals surface area contributed by atoms with Crippen LogP contribution in [0.3, 0.4) is 0 Å². The third-order valence-corrected chi connectivity index (χ3v) is 4.08. The maximum atomic E-state index is 8.73. The van der Waals surface area contributed by atoms with Crippen LogP contribution in [0.4, 0.5) is 5.00 Å². The maximum absolute atomic E-state index is 8.73. The Labute approximate surface area is 122 Å². The third kappa shape index (κ3) is 3.06. The average Bonchev–Trinajstić information content (AvgIpc) is 2.95. The van der Waals surface area contributed by atoms with Crippen molar-refractivity contribution in [2.75, 3.05) is 19.0 Å². The van der Waals surface area contributed by atoms with Gasteiger partial charge in [0, 0.05) is 19.0 Å². The molecule has 2 rings (SSSR count). The fraction of sp³-hybridized carbons (Fsp3) is 0.125. The lowest BCUT2D eigenvalue weighted by molar-refractivity contribution is 1.16. The molecule has 0 radical (unpaired) electrons. The van der Waals surface area contributed by atoms with Crippen LogP contribution in [0.5, 0.6) is 0 Å². The molecule has 4 heteroatoms. The number of nitriles is 2. The Bertz CT molecular complexity index is 693. The largest absolute Gasteiger partial charge is 0.370 e.